The largest absolute Gasteiger partial charge is 0.335 e. The van der Waals surface area contributed by atoms with Crippen LogP contribution in [0.25, 0.3) is 0 Å². The summed E-state index contributed by atoms with van der Waals surface area (Å²) in [6, 6.07) is 3.95. The summed E-state index contributed by atoms with van der Waals surface area (Å²) in [6.45, 7) is 3.02. The van der Waals surface area contributed by atoms with Crippen LogP contribution < -0.4 is 5.73 Å². The molecule has 2 aromatic rings. The van der Waals surface area contributed by atoms with Crippen LogP contribution >= 0.6 is 23.2 Å². The lowest BCUT2D eigenvalue weighted by atomic mass is 9.96. The molecule has 3 atom stereocenters. The number of nitrogens with two attached hydrogens (primary N) is 1. The minimum absolute atomic E-state index is 0.00111. The summed E-state index contributed by atoms with van der Waals surface area (Å²) < 4.78 is 56.5. The van der Waals surface area contributed by atoms with Gasteiger partial charge in [-0.25, -0.2) is 17.2 Å². The van der Waals surface area contributed by atoms with Crippen LogP contribution in [-0.2, 0) is 26.0 Å². The van der Waals surface area contributed by atoms with Crippen LogP contribution in [0.5, 0.6) is 0 Å². The Kier molecular flexibility index (Phi) is 7.33. The van der Waals surface area contributed by atoms with Crippen LogP contribution in [0, 0.1) is 11.6 Å². The number of amides is 2. The van der Waals surface area contributed by atoms with Gasteiger partial charge in [0.1, 0.15) is 28.7 Å². The Morgan fingerprint density at radius 2 is 1.75 bits per heavy atom. The van der Waals surface area contributed by atoms with Crippen LogP contribution in [0.1, 0.15) is 19.4 Å². The number of piperazine rings is 1. The molecule has 2 saturated heterocycles. The second-order valence-electron chi connectivity index (χ2n) is 9.02. The van der Waals surface area contributed by atoms with Crippen molar-refractivity contribution in [2.24, 2.45) is 5.73 Å². The molecule has 2 heterocycles. The Labute approximate surface area is 217 Å². The Bertz CT molecular complexity index is 1330. The van der Waals surface area contributed by atoms with Gasteiger partial charge < -0.3 is 15.5 Å². The maximum Gasteiger partial charge on any atom is 0.246 e. The molecule has 2 amide bonds. The zero-order valence-electron chi connectivity index (χ0n) is 19.4. The Hall–Kier alpha value is -2.31. The quantitative estimate of drug-likeness (QED) is 0.605. The molecule has 2 N–H and O–H groups in total. The van der Waals surface area contributed by atoms with E-state index in [4.69, 9.17) is 28.9 Å². The van der Waals surface area contributed by atoms with Gasteiger partial charge in [-0.3, -0.25) is 9.59 Å². The van der Waals surface area contributed by atoms with E-state index in [1.807, 2.05) is 0 Å². The Morgan fingerprint density at radius 3 is 2.36 bits per heavy atom. The van der Waals surface area contributed by atoms with Gasteiger partial charge >= 0.3 is 0 Å². The average Bonchev–Trinajstić information content (AvgIpc) is 2.78. The van der Waals surface area contributed by atoms with E-state index >= 15 is 0 Å². The molecule has 13 heteroatoms. The third kappa shape index (κ3) is 4.70. The molecule has 2 aliphatic rings. The molecule has 0 aromatic heterocycles. The lowest BCUT2D eigenvalue weighted by Crippen LogP contribution is -2.76. The first kappa shape index (κ1) is 26.7. The summed E-state index contributed by atoms with van der Waals surface area (Å²) in [6.07, 6.45) is -1.42. The zero-order valence-corrected chi connectivity index (χ0v) is 21.7. The van der Waals surface area contributed by atoms with Crippen molar-refractivity contribution in [3.63, 3.8) is 0 Å². The van der Waals surface area contributed by atoms with Crippen molar-refractivity contribution in [1.29, 1.82) is 0 Å². The van der Waals surface area contributed by atoms with Crippen LogP contribution in [0.3, 0.4) is 0 Å². The monoisotopic (exact) mass is 560 g/mol. The van der Waals surface area contributed by atoms with E-state index in [-0.39, 0.29) is 46.1 Å². The first-order chi connectivity index (χ1) is 16.8. The van der Waals surface area contributed by atoms with E-state index in [1.165, 1.54) is 29.2 Å². The van der Waals surface area contributed by atoms with Crippen molar-refractivity contribution in [2.45, 2.75) is 49.5 Å². The number of carbonyl (C=O) groups excluding carboxylic acids is 2. The summed E-state index contributed by atoms with van der Waals surface area (Å²) in [4.78, 5) is 29.0. The number of carbonyl (C=O) groups is 2. The van der Waals surface area contributed by atoms with Gasteiger partial charge in [0.05, 0.1) is 17.6 Å². The number of rotatable bonds is 5. The highest BCUT2D eigenvalue weighted by molar-refractivity contribution is 7.89. The number of hydrogen-bond donors (Lipinski definition) is 1. The van der Waals surface area contributed by atoms with Gasteiger partial charge in [0.15, 0.2) is 0 Å². The second kappa shape index (κ2) is 9.86. The number of hydrogen-bond acceptors (Lipinski definition) is 5. The van der Waals surface area contributed by atoms with Gasteiger partial charge in [-0.2, -0.15) is 4.31 Å². The lowest BCUT2D eigenvalue weighted by molar-refractivity contribution is -0.167. The van der Waals surface area contributed by atoms with E-state index in [9.17, 15) is 26.8 Å². The highest BCUT2D eigenvalue weighted by Gasteiger charge is 2.53. The molecular formula is C23H24Cl2F2N4O4S. The molecule has 194 valence electrons. The van der Waals surface area contributed by atoms with Gasteiger partial charge in [0.2, 0.25) is 21.8 Å². The molecule has 0 saturated carbocycles. The number of sulfonamides is 1. The summed E-state index contributed by atoms with van der Waals surface area (Å²) in [5, 5.41) is 0.124. The van der Waals surface area contributed by atoms with Gasteiger partial charge in [0, 0.05) is 30.1 Å². The van der Waals surface area contributed by atoms with Gasteiger partial charge in [-0.15, -0.1) is 0 Å². The zero-order chi connectivity index (χ0) is 26.5. The number of halogens is 4. The fraction of sp³-hybridized carbons (Fsp3) is 0.391. The average molecular weight is 561 g/mol. The third-order valence-electron chi connectivity index (χ3n) is 6.40. The predicted octanol–water partition coefficient (Wildman–Crippen LogP) is 2.62. The molecule has 0 radical (unpaired) electrons. The minimum atomic E-state index is -4.31. The van der Waals surface area contributed by atoms with Crippen LogP contribution in [-0.4, -0.2) is 71.7 Å². The van der Waals surface area contributed by atoms with Gasteiger partial charge in [-0.05, 0) is 43.7 Å². The van der Waals surface area contributed by atoms with Crippen molar-refractivity contribution < 1.29 is 26.8 Å². The van der Waals surface area contributed by atoms with E-state index in [1.54, 1.807) is 13.8 Å². The summed E-state index contributed by atoms with van der Waals surface area (Å²) in [5.74, 6) is -2.81. The lowest BCUT2D eigenvalue weighted by Gasteiger charge is -2.53. The summed E-state index contributed by atoms with van der Waals surface area (Å²) >= 11 is 12.1. The molecule has 0 bridgehead atoms. The molecular weight excluding hydrogens is 537 g/mol. The van der Waals surface area contributed by atoms with Crippen molar-refractivity contribution in [2.75, 3.05) is 13.1 Å². The van der Waals surface area contributed by atoms with Crippen molar-refractivity contribution in [3.8, 4) is 0 Å². The third-order valence-corrected chi connectivity index (χ3v) is 8.98. The van der Waals surface area contributed by atoms with Gasteiger partial charge in [0.25, 0.3) is 0 Å². The second-order valence-corrected chi connectivity index (χ2v) is 11.7. The van der Waals surface area contributed by atoms with E-state index in [2.05, 4.69) is 0 Å². The van der Waals surface area contributed by atoms with E-state index < -0.39 is 51.7 Å². The SMILES string of the molecule is CC(C)N1CC2N(C(=O)C(N)CN2S(=O)(=O)c2ccc(Cl)cc2Cl)C(Cc2ccc(F)cc2F)C1=O. The van der Waals surface area contributed by atoms with E-state index in [0.29, 0.717) is 6.07 Å². The van der Waals surface area contributed by atoms with Crippen LogP contribution in [0.4, 0.5) is 8.78 Å². The van der Waals surface area contributed by atoms with Gasteiger partial charge in [-0.1, -0.05) is 29.3 Å². The number of benzene rings is 2. The van der Waals surface area contributed by atoms with Crippen molar-refractivity contribution >= 4 is 45.0 Å². The van der Waals surface area contributed by atoms with Crippen LogP contribution in [0.2, 0.25) is 10.0 Å². The molecule has 0 aliphatic carbocycles. The van der Waals surface area contributed by atoms with Crippen molar-refractivity contribution in [3.05, 3.63) is 63.6 Å². The summed E-state index contributed by atoms with van der Waals surface area (Å²) in [5.41, 5.74) is 6.06. The number of nitrogens with zero attached hydrogens (tertiary/aromatic N) is 3. The molecule has 8 nitrogen and oxygen atoms in total. The predicted molar refractivity (Wildman–Crippen MR) is 130 cm³/mol. The Morgan fingerprint density at radius 1 is 1.06 bits per heavy atom. The van der Waals surface area contributed by atoms with Crippen molar-refractivity contribution in [1.82, 2.24) is 14.1 Å². The fourth-order valence-electron chi connectivity index (χ4n) is 4.60. The normalized spacial score (nSPS) is 23.4. The van der Waals surface area contributed by atoms with E-state index in [0.717, 1.165) is 15.3 Å². The standard InChI is InChI=1S/C23H24Cl2F2N4O4S/c1-12(2)29-11-21-30(36(34,35)20-6-4-14(24)8-16(20)25)10-18(28)22(32)31(21)19(23(29)33)7-13-3-5-15(26)9-17(13)27/h3-6,8-9,12,18-19,21H,7,10-11,28H2,1-2H3. The molecule has 4 rings (SSSR count). The Balaban J connectivity index is 1.82. The molecule has 0 spiro atoms. The number of fused-ring (bicyclic) bond motifs is 1. The first-order valence-electron chi connectivity index (χ1n) is 11.1. The maximum absolute atomic E-state index is 14.5. The highest BCUT2D eigenvalue weighted by Crippen LogP contribution is 2.35. The molecule has 2 aromatic carbocycles. The molecule has 2 aliphatic heterocycles. The smallest absolute Gasteiger partial charge is 0.246 e. The maximum atomic E-state index is 14.5. The molecule has 36 heavy (non-hydrogen) atoms. The molecule has 2 fully saturated rings. The fourth-order valence-corrected chi connectivity index (χ4v) is 6.95. The molecule has 3 unspecified atom stereocenters. The van der Waals surface area contributed by atoms with Crippen LogP contribution in [0.15, 0.2) is 41.3 Å². The minimum Gasteiger partial charge on any atom is -0.335 e. The highest BCUT2D eigenvalue weighted by atomic mass is 35.5. The topological polar surface area (TPSA) is 104 Å². The first-order valence-corrected chi connectivity index (χ1v) is 13.3. The summed E-state index contributed by atoms with van der Waals surface area (Å²) in [7, 11) is -4.31.